The lowest BCUT2D eigenvalue weighted by molar-refractivity contribution is -0.159. The van der Waals surface area contributed by atoms with Gasteiger partial charge in [0.15, 0.2) is 12.0 Å². The smallest absolute Gasteiger partial charge is 0.248 e. The topological polar surface area (TPSA) is 73.9 Å². The van der Waals surface area contributed by atoms with Gasteiger partial charge < -0.3 is 19.5 Å². The molecule has 3 heterocycles. The van der Waals surface area contributed by atoms with Crippen molar-refractivity contribution in [3.63, 3.8) is 0 Å². The summed E-state index contributed by atoms with van der Waals surface area (Å²) < 4.78 is 19.7. The molecule has 10 atom stereocenters. The first-order valence-electron chi connectivity index (χ1n) is 14.5. The number of hydrogen-bond donors (Lipinski definition) is 1. The number of carbonyl (C=O) groups excluding carboxylic acids is 2. The summed E-state index contributed by atoms with van der Waals surface area (Å²) in [6, 6.07) is 0. The van der Waals surface area contributed by atoms with E-state index in [9.17, 15) is 9.59 Å². The predicted octanol–water partition coefficient (Wildman–Crippen LogP) is 6.10. The van der Waals surface area contributed by atoms with Crippen molar-refractivity contribution >= 4 is 11.7 Å². The molecule has 0 aromatic rings. The van der Waals surface area contributed by atoms with E-state index in [1.165, 1.54) is 5.57 Å². The van der Waals surface area contributed by atoms with E-state index in [4.69, 9.17) is 14.2 Å². The minimum Gasteiger partial charge on any atom is -0.373 e. The molecule has 6 heteroatoms. The minimum absolute atomic E-state index is 0.0201. The zero-order valence-corrected chi connectivity index (χ0v) is 25.3. The van der Waals surface area contributed by atoms with Gasteiger partial charge >= 0.3 is 0 Å². The van der Waals surface area contributed by atoms with Gasteiger partial charge in [0, 0.05) is 30.4 Å². The molecule has 3 aliphatic rings. The minimum atomic E-state index is -0.782. The second kappa shape index (κ2) is 13.9. The highest BCUT2D eigenvalue weighted by atomic mass is 16.6. The lowest BCUT2D eigenvalue weighted by Gasteiger charge is -2.42. The highest BCUT2D eigenvalue weighted by Crippen LogP contribution is 2.39. The van der Waals surface area contributed by atoms with Crippen LogP contribution < -0.4 is 5.32 Å². The summed E-state index contributed by atoms with van der Waals surface area (Å²) in [5, 5.41) is 3.07. The Morgan fingerprint density at radius 3 is 2.38 bits per heavy atom. The Hall–Kier alpha value is -2.28. The Morgan fingerprint density at radius 2 is 1.72 bits per heavy atom. The fourth-order valence-electron chi connectivity index (χ4n) is 6.28. The van der Waals surface area contributed by atoms with Gasteiger partial charge in [-0.3, -0.25) is 9.59 Å². The number of carbonyl (C=O) groups is 2. The van der Waals surface area contributed by atoms with Crippen molar-refractivity contribution in [1.82, 2.24) is 5.32 Å². The molecule has 0 saturated heterocycles. The molecule has 1 N–H and O–H groups in total. The average molecular weight is 540 g/mol. The van der Waals surface area contributed by atoms with Crippen LogP contribution in [0.2, 0.25) is 0 Å². The van der Waals surface area contributed by atoms with Gasteiger partial charge in [-0.05, 0) is 51.5 Å². The standard InChI is InChI=1S/C33H49NO5/c1-10-28-21(4)14-15-27(35)25(8)31-24(7)26-18-19(2)12-11-13-29(37-9)33(39-31)34-32(36)23(6)17-20(3)16-22(5)30(26)38-28/h11-17,21-22,24-26,28-31,33H,10,18H2,1-9H3,(H,34,36)/b13-11+,15-14+,19-12-,20-16+,23-17+/t21?,22-,24?,25?,26-,28-,29+,30+,31-,33?/m0/s1. The summed E-state index contributed by atoms with van der Waals surface area (Å²) >= 11 is 0. The molecule has 4 unspecified atom stereocenters. The molecule has 0 aromatic heterocycles. The van der Waals surface area contributed by atoms with Crippen molar-refractivity contribution in [2.75, 3.05) is 7.11 Å². The highest BCUT2D eigenvalue weighted by Gasteiger charge is 2.42. The summed E-state index contributed by atoms with van der Waals surface area (Å²) in [5.74, 6) is -0.473. The molecule has 0 aliphatic carbocycles. The Balaban J connectivity index is 2.33. The third-order valence-electron chi connectivity index (χ3n) is 8.68. The van der Waals surface area contributed by atoms with Gasteiger partial charge in [0.05, 0.1) is 18.3 Å². The van der Waals surface area contributed by atoms with Crippen molar-refractivity contribution in [2.45, 2.75) is 98.9 Å². The molecule has 1 amide bonds. The van der Waals surface area contributed by atoms with Gasteiger partial charge in [0.2, 0.25) is 5.91 Å². The van der Waals surface area contributed by atoms with Gasteiger partial charge in [0.25, 0.3) is 0 Å². The van der Waals surface area contributed by atoms with E-state index in [0.717, 1.165) is 18.4 Å². The van der Waals surface area contributed by atoms with Crippen LogP contribution in [0.4, 0.5) is 0 Å². The molecular formula is C33H49NO5. The molecule has 3 aliphatic heterocycles. The number of ketones is 1. The van der Waals surface area contributed by atoms with Crippen molar-refractivity contribution in [2.24, 2.45) is 29.6 Å². The maximum Gasteiger partial charge on any atom is 0.248 e. The molecule has 216 valence electrons. The quantitative estimate of drug-likeness (QED) is 0.459. The van der Waals surface area contributed by atoms with Crippen LogP contribution in [0.5, 0.6) is 0 Å². The number of methoxy groups -OCH3 is 1. The fourth-order valence-corrected chi connectivity index (χ4v) is 6.28. The van der Waals surface area contributed by atoms with Gasteiger partial charge in [-0.25, -0.2) is 0 Å². The number of allylic oxidation sites excluding steroid dienone is 6. The number of hydrogen-bond acceptors (Lipinski definition) is 5. The lowest BCUT2D eigenvalue weighted by atomic mass is 9.73. The first-order chi connectivity index (χ1) is 18.5. The van der Waals surface area contributed by atoms with Crippen LogP contribution in [-0.2, 0) is 23.8 Å². The van der Waals surface area contributed by atoms with E-state index in [-0.39, 0.29) is 47.6 Å². The van der Waals surface area contributed by atoms with Crippen LogP contribution in [0, 0.1) is 29.6 Å². The monoisotopic (exact) mass is 539 g/mol. The number of ether oxygens (including phenoxy) is 3. The Kier molecular flexibility index (Phi) is 11.1. The third-order valence-corrected chi connectivity index (χ3v) is 8.68. The number of nitrogens with one attached hydrogen (secondary N) is 1. The Morgan fingerprint density at radius 1 is 1.00 bits per heavy atom. The summed E-state index contributed by atoms with van der Waals surface area (Å²) in [7, 11) is 1.61. The maximum absolute atomic E-state index is 13.6. The van der Waals surface area contributed by atoms with Crippen LogP contribution in [-0.4, -0.2) is 49.4 Å². The summed E-state index contributed by atoms with van der Waals surface area (Å²) in [6.07, 6.45) is 13.5. The van der Waals surface area contributed by atoms with Crippen LogP contribution in [0.3, 0.4) is 0 Å². The van der Waals surface area contributed by atoms with Crippen LogP contribution >= 0.6 is 0 Å². The molecule has 0 spiro atoms. The first kappa shape index (κ1) is 31.3. The predicted molar refractivity (Wildman–Crippen MR) is 156 cm³/mol. The molecule has 0 fully saturated rings. The largest absolute Gasteiger partial charge is 0.373 e. The van der Waals surface area contributed by atoms with E-state index in [2.05, 4.69) is 52.1 Å². The highest BCUT2D eigenvalue weighted by molar-refractivity contribution is 5.93. The number of amides is 1. The molecule has 3 rings (SSSR count). The molecule has 0 saturated carbocycles. The SMILES string of the molecule is CC[C@@H]1O[C@@H]2[C@@H](C)/C=C(C)/C=C(\C)C(=O)NC3O[C@H](C(C)C(=O)/C=C/C1C)C(C)[C@@H]2C/C(C)=C\C=C\[C@H]3OC. The molecule has 0 aromatic carbocycles. The van der Waals surface area contributed by atoms with Crippen molar-refractivity contribution in [1.29, 1.82) is 0 Å². The molecule has 6 nitrogen and oxygen atoms in total. The van der Waals surface area contributed by atoms with Gasteiger partial charge in [0.1, 0.15) is 6.10 Å². The Labute approximate surface area is 235 Å². The van der Waals surface area contributed by atoms with Gasteiger partial charge in [-0.1, -0.05) is 82.2 Å². The maximum atomic E-state index is 13.6. The zero-order chi connectivity index (χ0) is 28.9. The van der Waals surface area contributed by atoms with Crippen LogP contribution in [0.1, 0.15) is 68.2 Å². The van der Waals surface area contributed by atoms with E-state index >= 15 is 0 Å². The van der Waals surface area contributed by atoms with Crippen molar-refractivity contribution in [3.05, 3.63) is 59.3 Å². The lowest BCUT2D eigenvalue weighted by Crippen LogP contribution is -2.52. The number of fused-ring (bicyclic) bond motifs is 1. The van der Waals surface area contributed by atoms with E-state index in [0.29, 0.717) is 5.57 Å². The van der Waals surface area contributed by atoms with Crippen molar-refractivity contribution in [3.8, 4) is 0 Å². The van der Waals surface area contributed by atoms with E-state index in [1.807, 2.05) is 45.1 Å². The fraction of sp³-hybridized carbons (Fsp3) is 0.636. The molecular weight excluding hydrogens is 490 g/mol. The number of rotatable bonds is 2. The molecule has 4 bridgehead atoms. The van der Waals surface area contributed by atoms with Gasteiger partial charge in [-0.2, -0.15) is 0 Å². The Bertz CT molecular complexity index is 1040. The normalized spacial score (nSPS) is 44.5. The first-order valence-corrected chi connectivity index (χ1v) is 14.5. The molecule has 0 radical (unpaired) electrons. The summed E-state index contributed by atoms with van der Waals surface area (Å²) in [4.78, 5) is 26.9. The second-order valence-corrected chi connectivity index (χ2v) is 11.9. The third kappa shape index (κ3) is 7.68. The van der Waals surface area contributed by atoms with Gasteiger partial charge in [-0.15, -0.1) is 0 Å². The average Bonchev–Trinajstić information content (AvgIpc) is 2.91. The van der Waals surface area contributed by atoms with Crippen LogP contribution in [0.15, 0.2) is 59.3 Å². The summed E-state index contributed by atoms with van der Waals surface area (Å²) in [5.41, 5.74) is 2.81. The van der Waals surface area contributed by atoms with Crippen molar-refractivity contribution < 1.29 is 23.8 Å². The molecule has 39 heavy (non-hydrogen) atoms. The zero-order valence-electron chi connectivity index (χ0n) is 25.3. The van der Waals surface area contributed by atoms with E-state index in [1.54, 1.807) is 13.2 Å². The van der Waals surface area contributed by atoms with E-state index < -0.39 is 24.4 Å². The summed E-state index contributed by atoms with van der Waals surface area (Å²) in [6.45, 7) is 16.6. The second-order valence-electron chi connectivity index (χ2n) is 11.9. The van der Waals surface area contributed by atoms with Crippen LogP contribution in [0.25, 0.3) is 0 Å².